The third-order valence-corrected chi connectivity index (χ3v) is 4.40. The first kappa shape index (κ1) is 14.9. The summed E-state index contributed by atoms with van der Waals surface area (Å²) in [5, 5.41) is 4.36. The summed E-state index contributed by atoms with van der Waals surface area (Å²) in [6, 6.07) is 10.8. The second-order valence-electron chi connectivity index (χ2n) is 5.81. The highest BCUT2D eigenvalue weighted by Gasteiger charge is 2.17. The van der Waals surface area contributed by atoms with E-state index >= 15 is 0 Å². The highest BCUT2D eigenvalue weighted by molar-refractivity contribution is 7.19. The van der Waals surface area contributed by atoms with Crippen molar-refractivity contribution in [1.82, 2.24) is 0 Å². The zero-order chi connectivity index (χ0) is 14.8. The Morgan fingerprint density at radius 1 is 1.15 bits per heavy atom. The molecule has 0 radical (unpaired) electrons. The molecule has 2 nitrogen and oxygen atoms in total. The van der Waals surface area contributed by atoms with Gasteiger partial charge in [0.05, 0.1) is 11.6 Å². The first-order valence-electron chi connectivity index (χ1n) is 7.01. The summed E-state index contributed by atoms with van der Waals surface area (Å²) in [5.41, 5.74) is 2.66. The van der Waals surface area contributed by atoms with Gasteiger partial charge in [-0.05, 0) is 42.2 Å². The van der Waals surface area contributed by atoms with Crippen LogP contribution in [0.2, 0.25) is 0 Å². The fourth-order valence-electron chi connectivity index (χ4n) is 2.09. The Hall–Kier alpha value is -1.48. The molecule has 2 aromatic rings. The van der Waals surface area contributed by atoms with E-state index in [-0.39, 0.29) is 5.41 Å². The minimum atomic E-state index is 0.141. The van der Waals surface area contributed by atoms with Gasteiger partial charge in [-0.25, -0.2) is 0 Å². The highest BCUT2D eigenvalue weighted by Crippen LogP contribution is 2.39. The lowest BCUT2D eigenvalue weighted by atomic mass is 9.86. The van der Waals surface area contributed by atoms with Crippen LogP contribution in [0.15, 0.2) is 30.3 Å². The normalized spacial score (nSPS) is 11.4. The first-order chi connectivity index (χ1) is 9.45. The highest BCUT2D eigenvalue weighted by atomic mass is 32.1. The molecule has 1 aromatic heterocycles. The zero-order valence-electron chi connectivity index (χ0n) is 12.9. The van der Waals surface area contributed by atoms with Gasteiger partial charge in [0.25, 0.3) is 0 Å². The van der Waals surface area contributed by atoms with Crippen LogP contribution >= 0.6 is 11.3 Å². The molecule has 3 heteroatoms. The summed E-state index contributed by atoms with van der Waals surface area (Å²) in [6.07, 6.45) is 0. The van der Waals surface area contributed by atoms with Crippen molar-refractivity contribution < 1.29 is 4.74 Å². The van der Waals surface area contributed by atoms with E-state index in [1.165, 1.54) is 21.0 Å². The maximum atomic E-state index is 5.79. The Kier molecular flexibility index (Phi) is 4.39. The summed E-state index contributed by atoms with van der Waals surface area (Å²) >= 11 is 1.75. The molecular formula is C17H23NOS. The number of ether oxygens (including phenoxy) is 1. The number of thiophene rings is 1. The number of hydrogen-bond acceptors (Lipinski definition) is 3. The van der Waals surface area contributed by atoms with E-state index in [4.69, 9.17) is 4.74 Å². The molecule has 0 spiro atoms. The van der Waals surface area contributed by atoms with Gasteiger partial charge in [0.2, 0.25) is 0 Å². The SMILES string of the molecule is CCOc1ccc(C(C)(C)C)cc1-c1ccc(NC)s1. The van der Waals surface area contributed by atoms with Crippen molar-refractivity contribution in [1.29, 1.82) is 0 Å². The Morgan fingerprint density at radius 2 is 1.90 bits per heavy atom. The van der Waals surface area contributed by atoms with E-state index in [1.807, 2.05) is 14.0 Å². The molecule has 0 aliphatic heterocycles. The first-order valence-corrected chi connectivity index (χ1v) is 7.82. The van der Waals surface area contributed by atoms with Crippen LogP contribution in [-0.4, -0.2) is 13.7 Å². The standard InChI is InChI=1S/C17H23NOS/c1-6-19-14-8-7-12(17(2,3)4)11-13(14)15-9-10-16(18-5)20-15/h7-11,18H,6H2,1-5H3. The van der Waals surface area contributed by atoms with Crippen LogP contribution in [0, 0.1) is 0 Å². The van der Waals surface area contributed by atoms with Crippen molar-refractivity contribution in [2.45, 2.75) is 33.1 Å². The molecule has 0 saturated carbocycles. The minimum absolute atomic E-state index is 0.141. The molecule has 1 N–H and O–H groups in total. The van der Waals surface area contributed by atoms with Gasteiger partial charge in [0.15, 0.2) is 0 Å². The van der Waals surface area contributed by atoms with Gasteiger partial charge >= 0.3 is 0 Å². The second kappa shape index (κ2) is 5.88. The summed E-state index contributed by atoms with van der Waals surface area (Å²) < 4.78 is 5.79. The fraction of sp³-hybridized carbons (Fsp3) is 0.412. The minimum Gasteiger partial charge on any atom is -0.493 e. The number of anilines is 1. The molecule has 0 fully saturated rings. The molecule has 0 unspecified atom stereocenters. The molecule has 20 heavy (non-hydrogen) atoms. The van der Waals surface area contributed by atoms with Gasteiger partial charge in [-0.2, -0.15) is 0 Å². The molecule has 0 bridgehead atoms. The van der Waals surface area contributed by atoms with Gasteiger partial charge in [-0.1, -0.05) is 26.8 Å². The van der Waals surface area contributed by atoms with E-state index in [0.717, 1.165) is 5.75 Å². The molecular weight excluding hydrogens is 266 g/mol. The van der Waals surface area contributed by atoms with Crippen molar-refractivity contribution in [2.24, 2.45) is 0 Å². The van der Waals surface area contributed by atoms with Gasteiger partial charge in [0, 0.05) is 17.5 Å². The number of nitrogens with one attached hydrogen (secondary N) is 1. The predicted octanol–water partition coefficient (Wildman–Crippen LogP) is 5.15. The topological polar surface area (TPSA) is 21.3 Å². The maximum Gasteiger partial charge on any atom is 0.127 e. The molecule has 0 amide bonds. The maximum absolute atomic E-state index is 5.79. The lowest BCUT2D eigenvalue weighted by Gasteiger charge is -2.21. The van der Waals surface area contributed by atoms with E-state index < -0.39 is 0 Å². The van der Waals surface area contributed by atoms with Crippen molar-refractivity contribution in [3.8, 4) is 16.2 Å². The predicted molar refractivity (Wildman–Crippen MR) is 89.2 cm³/mol. The van der Waals surface area contributed by atoms with Crippen LogP contribution in [0.3, 0.4) is 0 Å². The molecule has 0 atom stereocenters. The zero-order valence-corrected chi connectivity index (χ0v) is 13.7. The van der Waals surface area contributed by atoms with Crippen LogP contribution in [0.5, 0.6) is 5.75 Å². The van der Waals surface area contributed by atoms with Crippen molar-refractivity contribution in [2.75, 3.05) is 19.0 Å². The molecule has 1 heterocycles. The molecule has 0 aliphatic carbocycles. The summed E-state index contributed by atoms with van der Waals surface area (Å²) in [7, 11) is 1.95. The Morgan fingerprint density at radius 3 is 2.45 bits per heavy atom. The van der Waals surface area contributed by atoms with E-state index in [1.54, 1.807) is 11.3 Å². The van der Waals surface area contributed by atoms with Crippen LogP contribution < -0.4 is 10.1 Å². The van der Waals surface area contributed by atoms with E-state index in [2.05, 4.69) is 56.4 Å². The number of rotatable bonds is 4. The van der Waals surface area contributed by atoms with Gasteiger partial charge in [0.1, 0.15) is 5.75 Å². The Labute approximate surface area is 125 Å². The van der Waals surface area contributed by atoms with E-state index in [0.29, 0.717) is 6.61 Å². The van der Waals surface area contributed by atoms with Gasteiger partial charge in [-0.3, -0.25) is 0 Å². The van der Waals surface area contributed by atoms with Crippen LogP contribution in [0.4, 0.5) is 5.00 Å². The third-order valence-electron chi connectivity index (χ3n) is 3.26. The van der Waals surface area contributed by atoms with Gasteiger partial charge in [-0.15, -0.1) is 11.3 Å². The van der Waals surface area contributed by atoms with Crippen LogP contribution in [-0.2, 0) is 5.41 Å². The van der Waals surface area contributed by atoms with E-state index in [9.17, 15) is 0 Å². The fourth-order valence-corrected chi connectivity index (χ4v) is 2.97. The van der Waals surface area contributed by atoms with Crippen LogP contribution in [0.25, 0.3) is 10.4 Å². The van der Waals surface area contributed by atoms with Crippen molar-refractivity contribution in [3.05, 3.63) is 35.9 Å². The smallest absolute Gasteiger partial charge is 0.127 e. The molecule has 1 aromatic carbocycles. The summed E-state index contributed by atoms with van der Waals surface area (Å²) in [5.74, 6) is 0.963. The number of hydrogen-bond donors (Lipinski definition) is 1. The quantitative estimate of drug-likeness (QED) is 0.840. The van der Waals surface area contributed by atoms with Crippen molar-refractivity contribution >= 4 is 16.3 Å². The van der Waals surface area contributed by atoms with Gasteiger partial charge < -0.3 is 10.1 Å². The average molecular weight is 289 g/mol. The Bertz CT molecular complexity index is 581. The average Bonchev–Trinajstić information content (AvgIpc) is 2.87. The summed E-state index contributed by atoms with van der Waals surface area (Å²) in [4.78, 5) is 1.24. The molecule has 108 valence electrons. The van der Waals surface area contributed by atoms with Crippen LogP contribution in [0.1, 0.15) is 33.3 Å². The van der Waals surface area contributed by atoms with Crippen molar-refractivity contribution in [3.63, 3.8) is 0 Å². The molecule has 0 aliphatic rings. The Balaban J connectivity index is 2.51. The summed E-state index contributed by atoms with van der Waals surface area (Å²) in [6.45, 7) is 9.42. The lowest BCUT2D eigenvalue weighted by molar-refractivity contribution is 0.341. The molecule has 2 rings (SSSR count). The second-order valence-corrected chi connectivity index (χ2v) is 6.89. The third kappa shape index (κ3) is 3.15. The monoisotopic (exact) mass is 289 g/mol. The molecule has 0 saturated heterocycles. The largest absolute Gasteiger partial charge is 0.493 e. The number of benzene rings is 1. The lowest BCUT2D eigenvalue weighted by Crippen LogP contribution is -2.11.